The molecule has 2 atom stereocenters. The Morgan fingerprint density at radius 1 is 1.50 bits per heavy atom. The SMILES string of the molecule is CC(CO)C(C)NCc1ccc(Cl)cc1[N+](=O)[O-]. The molecule has 0 saturated carbocycles. The van der Waals surface area contributed by atoms with Gasteiger partial charge in [0.25, 0.3) is 5.69 Å². The van der Waals surface area contributed by atoms with Gasteiger partial charge in [0.05, 0.1) is 4.92 Å². The van der Waals surface area contributed by atoms with Crippen LogP contribution in [0.1, 0.15) is 19.4 Å². The van der Waals surface area contributed by atoms with Crippen molar-refractivity contribution in [2.45, 2.75) is 26.4 Å². The molecule has 6 heteroatoms. The normalized spacial score (nSPS) is 14.2. The number of nitrogens with zero attached hydrogens (tertiary/aromatic N) is 1. The fraction of sp³-hybridized carbons (Fsp3) is 0.500. The summed E-state index contributed by atoms with van der Waals surface area (Å²) in [4.78, 5) is 10.4. The quantitative estimate of drug-likeness (QED) is 0.616. The fourth-order valence-electron chi connectivity index (χ4n) is 1.49. The Morgan fingerprint density at radius 2 is 2.17 bits per heavy atom. The lowest BCUT2D eigenvalue weighted by molar-refractivity contribution is -0.385. The van der Waals surface area contributed by atoms with Gasteiger partial charge in [-0.15, -0.1) is 0 Å². The maximum absolute atomic E-state index is 10.9. The molecule has 100 valence electrons. The van der Waals surface area contributed by atoms with Gasteiger partial charge in [-0.05, 0) is 25.0 Å². The first-order valence-corrected chi connectivity index (χ1v) is 6.10. The molecule has 1 aromatic rings. The van der Waals surface area contributed by atoms with Crippen molar-refractivity contribution in [3.8, 4) is 0 Å². The summed E-state index contributed by atoms with van der Waals surface area (Å²) in [5.74, 6) is 0.0938. The Balaban J connectivity index is 2.76. The molecule has 2 unspecified atom stereocenters. The summed E-state index contributed by atoms with van der Waals surface area (Å²) in [6, 6.07) is 4.69. The summed E-state index contributed by atoms with van der Waals surface area (Å²) < 4.78 is 0. The monoisotopic (exact) mass is 272 g/mol. The zero-order chi connectivity index (χ0) is 13.7. The number of hydrogen-bond donors (Lipinski definition) is 2. The number of rotatable bonds is 6. The molecule has 1 aromatic carbocycles. The average molecular weight is 273 g/mol. The molecule has 0 heterocycles. The highest BCUT2D eigenvalue weighted by Crippen LogP contribution is 2.23. The van der Waals surface area contributed by atoms with Gasteiger partial charge in [0, 0.05) is 35.8 Å². The van der Waals surface area contributed by atoms with E-state index in [0.717, 1.165) is 0 Å². The van der Waals surface area contributed by atoms with Crippen LogP contribution < -0.4 is 5.32 Å². The van der Waals surface area contributed by atoms with Crippen molar-refractivity contribution in [3.05, 3.63) is 38.9 Å². The van der Waals surface area contributed by atoms with Crippen molar-refractivity contribution in [1.29, 1.82) is 0 Å². The molecular formula is C12H17ClN2O3. The molecule has 0 aliphatic carbocycles. The van der Waals surface area contributed by atoms with Crippen LogP contribution in [0.2, 0.25) is 5.02 Å². The number of benzene rings is 1. The van der Waals surface area contributed by atoms with Crippen molar-refractivity contribution >= 4 is 17.3 Å². The molecule has 0 amide bonds. The van der Waals surface area contributed by atoms with E-state index in [9.17, 15) is 10.1 Å². The van der Waals surface area contributed by atoms with Gasteiger partial charge in [-0.3, -0.25) is 10.1 Å². The van der Waals surface area contributed by atoms with Crippen molar-refractivity contribution in [1.82, 2.24) is 5.32 Å². The summed E-state index contributed by atoms with van der Waals surface area (Å²) in [7, 11) is 0. The second-order valence-corrected chi connectivity index (χ2v) is 4.80. The Labute approximate surface area is 111 Å². The van der Waals surface area contributed by atoms with Gasteiger partial charge in [0.15, 0.2) is 0 Å². The van der Waals surface area contributed by atoms with Crippen molar-refractivity contribution in [2.75, 3.05) is 6.61 Å². The van der Waals surface area contributed by atoms with Gasteiger partial charge in [-0.2, -0.15) is 0 Å². The average Bonchev–Trinajstić information content (AvgIpc) is 2.35. The van der Waals surface area contributed by atoms with E-state index in [0.29, 0.717) is 17.1 Å². The number of aliphatic hydroxyl groups is 1. The second-order valence-electron chi connectivity index (χ2n) is 4.36. The van der Waals surface area contributed by atoms with E-state index in [1.165, 1.54) is 6.07 Å². The highest BCUT2D eigenvalue weighted by Gasteiger charge is 2.16. The smallest absolute Gasteiger partial charge is 0.275 e. The maximum atomic E-state index is 10.9. The molecule has 0 spiro atoms. The Morgan fingerprint density at radius 3 is 2.72 bits per heavy atom. The van der Waals surface area contributed by atoms with E-state index < -0.39 is 4.92 Å². The predicted octanol–water partition coefficient (Wildman–Crippen LogP) is 2.35. The van der Waals surface area contributed by atoms with Gasteiger partial charge in [0.2, 0.25) is 0 Å². The molecule has 0 aromatic heterocycles. The van der Waals surface area contributed by atoms with Crippen LogP contribution in [0, 0.1) is 16.0 Å². The number of halogens is 1. The van der Waals surface area contributed by atoms with Crippen LogP contribution in [0.4, 0.5) is 5.69 Å². The van der Waals surface area contributed by atoms with Crippen LogP contribution in [-0.2, 0) is 6.54 Å². The van der Waals surface area contributed by atoms with Crippen LogP contribution in [0.5, 0.6) is 0 Å². The second kappa shape index (κ2) is 6.68. The van der Waals surface area contributed by atoms with Crippen molar-refractivity contribution in [3.63, 3.8) is 0 Å². The number of nitrogens with one attached hydrogen (secondary N) is 1. The highest BCUT2D eigenvalue weighted by atomic mass is 35.5. The number of nitro benzene ring substituents is 1. The van der Waals surface area contributed by atoms with Crippen LogP contribution in [0.25, 0.3) is 0 Å². The first-order chi connectivity index (χ1) is 8.45. The first-order valence-electron chi connectivity index (χ1n) is 5.72. The lowest BCUT2D eigenvalue weighted by atomic mass is 10.0. The molecule has 0 radical (unpaired) electrons. The Hall–Kier alpha value is -1.17. The predicted molar refractivity (Wildman–Crippen MR) is 70.7 cm³/mol. The molecule has 2 N–H and O–H groups in total. The summed E-state index contributed by atoms with van der Waals surface area (Å²) in [6.07, 6.45) is 0. The zero-order valence-electron chi connectivity index (χ0n) is 10.4. The summed E-state index contributed by atoms with van der Waals surface area (Å²) in [5.41, 5.74) is 0.597. The standard InChI is InChI=1S/C12H17ClN2O3/c1-8(7-16)9(2)14-6-10-3-4-11(13)5-12(10)15(17)18/h3-5,8-9,14,16H,6-7H2,1-2H3. The number of hydrogen-bond acceptors (Lipinski definition) is 4. The van der Waals surface area contributed by atoms with Crippen LogP contribution >= 0.6 is 11.6 Å². The van der Waals surface area contributed by atoms with E-state index in [4.69, 9.17) is 16.7 Å². The minimum absolute atomic E-state index is 0.0128. The van der Waals surface area contributed by atoms with E-state index >= 15 is 0 Å². The van der Waals surface area contributed by atoms with Gasteiger partial charge in [0.1, 0.15) is 0 Å². The van der Waals surface area contributed by atoms with E-state index in [2.05, 4.69) is 5.32 Å². The number of nitro groups is 1. The fourth-order valence-corrected chi connectivity index (χ4v) is 1.65. The third-order valence-corrected chi connectivity index (χ3v) is 3.24. The van der Waals surface area contributed by atoms with E-state index in [-0.39, 0.29) is 24.3 Å². The molecule has 0 aliphatic heterocycles. The largest absolute Gasteiger partial charge is 0.396 e. The van der Waals surface area contributed by atoms with Gasteiger partial charge < -0.3 is 10.4 Å². The van der Waals surface area contributed by atoms with E-state index in [1.54, 1.807) is 12.1 Å². The van der Waals surface area contributed by atoms with Crippen LogP contribution in [0.3, 0.4) is 0 Å². The highest BCUT2D eigenvalue weighted by molar-refractivity contribution is 6.30. The van der Waals surface area contributed by atoms with Crippen LogP contribution in [-0.4, -0.2) is 22.7 Å². The summed E-state index contributed by atoms with van der Waals surface area (Å²) in [5, 5.41) is 23.4. The lowest BCUT2D eigenvalue weighted by Crippen LogP contribution is -2.33. The minimum Gasteiger partial charge on any atom is -0.396 e. The maximum Gasteiger partial charge on any atom is 0.275 e. The minimum atomic E-state index is -0.441. The van der Waals surface area contributed by atoms with Gasteiger partial charge in [-0.1, -0.05) is 18.5 Å². The summed E-state index contributed by atoms with van der Waals surface area (Å²) in [6.45, 7) is 4.30. The molecule has 5 nitrogen and oxygen atoms in total. The Bertz CT molecular complexity index is 426. The van der Waals surface area contributed by atoms with Crippen molar-refractivity contribution < 1.29 is 10.0 Å². The molecule has 0 aliphatic rings. The molecule has 0 bridgehead atoms. The third-order valence-electron chi connectivity index (χ3n) is 3.00. The molecule has 1 rings (SSSR count). The van der Waals surface area contributed by atoms with Gasteiger partial charge in [-0.25, -0.2) is 0 Å². The molecular weight excluding hydrogens is 256 g/mol. The molecule has 0 saturated heterocycles. The van der Waals surface area contributed by atoms with Gasteiger partial charge >= 0.3 is 0 Å². The van der Waals surface area contributed by atoms with E-state index in [1.807, 2.05) is 13.8 Å². The van der Waals surface area contributed by atoms with Crippen molar-refractivity contribution in [2.24, 2.45) is 5.92 Å². The zero-order valence-corrected chi connectivity index (χ0v) is 11.1. The third kappa shape index (κ3) is 3.94. The first kappa shape index (κ1) is 14.9. The van der Waals surface area contributed by atoms with Crippen LogP contribution in [0.15, 0.2) is 18.2 Å². The molecule has 18 heavy (non-hydrogen) atoms. The summed E-state index contributed by atoms with van der Waals surface area (Å²) >= 11 is 5.74. The topological polar surface area (TPSA) is 75.4 Å². The lowest BCUT2D eigenvalue weighted by Gasteiger charge is -2.19. The number of aliphatic hydroxyl groups excluding tert-OH is 1. The Kier molecular flexibility index (Phi) is 5.53. The molecule has 0 fully saturated rings.